The summed E-state index contributed by atoms with van der Waals surface area (Å²) in [5.41, 5.74) is 9.87. The van der Waals surface area contributed by atoms with Gasteiger partial charge >= 0.3 is 5.97 Å². The number of hydrogen-bond donors (Lipinski definition) is 3. The molecule has 7 rings (SSSR count). The van der Waals surface area contributed by atoms with Crippen LogP contribution < -0.4 is 10.7 Å². The van der Waals surface area contributed by atoms with Crippen LogP contribution in [0.25, 0.3) is 33.3 Å². The Labute approximate surface area is 395 Å². The van der Waals surface area contributed by atoms with Gasteiger partial charge in [0.1, 0.15) is 17.8 Å². The van der Waals surface area contributed by atoms with E-state index in [1.54, 1.807) is 42.4 Å². The third-order valence-electron chi connectivity index (χ3n) is 13.8. The number of aryl methyl sites for hydroxylation is 1. The van der Waals surface area contributed by atoms with Gasteiger partial charge in [-0.2, -0.15) is 0 Å². The second-order valence-corrected chi connectivity index (χ2v) is 19.7. The van der Waals surface area contributed by atoms with E-state index < -0.39 is 23.4 Å². The van der Waals surface area contributed by atoms with Gasteiger partial charge in [-0.3, -0.25) is 34.1 Å². The Kier molecular flexibility index (Phi) is 15.8. The fourth-order valence-electron chi connectivity index (χ4n) is 10.4. The SMILES string of the molecule is CCn1c(-c2cccnc2C(C)OC)c(CC(C)(C)COC(C)=O)c2cc(-c3cc(O)cc(CC(NC(=O)C(C(C)C)N(C)C(=O)C4CCN5CCOCC45)C(=O)N4CCCCN4)c3)ccc21. The number of phenolic OH excluding ortho intramolecular Hbond substituents is 1. The number of ether oxygens (including phenoxy) is 3. The average Bonchev–Trinajstić information content (AvgIpc) is 3.88. The van der Waals surface area contributed by atoms with Gasteiger partial charge in [0.15, 0.2) is 0 Å². The van der Waals surface area contributed by atoms with E-state index in [0.717, 1.165) is 70.5 Å². The molecule has 3 fully saturated rings. The van der Waals surface area contributed by atoms with Crippen molar-refractivity contribution in [2.45, 2.75) is 111 Å². The minimum absolute atomic E-state index is 0.0159. The van der Waals surface area contributed by atoms with Gasteiger partial charge in [-0.1, -0.05) is 39.8 Å². The number of hydrogen-bond acceptors (Lipinski definition) is 11. The lowest BCUT2D eigenvalue weighted by molar-refractivity contribution is -0.147. The number of morpholine rings is 1. The number of amides is 3. The van der Waals surface area contributed by atoms with Crippen molar-refractivity contribution in [2.75, 3.05) is 60.2 Å². The zero-order valence-corrected chi connectivity index (χ0v) is 40.9. The fraction of sp³-hybridized carbons (Fsp3) is 0.558. The van der Waals surface area contributed by atoms with Crippen molar-refractivity contribution in [1.29, 1.82) is 0 Å². The first kappa shape index (κ1) is 49.6. The third-order valence-corrected chi connectivity index (χ3v) is 13.8. The number of pyridine rings is 1. The largest absolute Gasteiger partial charge is 0.508 e. The number of phenols is 1. The maximum atomic E-state index is 14.5. The first-order chi connectivity index (χ1) is 32.0. The number of esters is 1. The quantitative estimate of drug-likeness (QED) is 0.102. The number of fused-ring (bicyclic) bond motifs is 2. The van der Waals surface area contributed by atoms with Crippen LogP contribution >= 0.6 is 0 Å². The van der Waals surface area contributed by atoms with Crippen molar-refractivity contribution in [3.63, 3.8) is 0 Å². The molecule has 0 aliphatic carbocycles. The van der Waals surface area contributed by atoms with Gasteiger partial charge in [0, 0.05) is 87.8 Å². The highest BCUT2D eigenvalue weighted by Gasteiger charge is 2.44. The molecule has 3 amide bonds. The topological polar surface area (TPSA) is 168 Å². The molecule has 67 heavy (non-hydrogen) atoms. The van der Waals surface area contributed by atoms with E-state index in [1.165, 1.54) is 6.92 Å². The lowest BCUT2D eigenvalue weighted by atomic mass is 9.84. The Balaban J connectivity index is 1.25. The summed E-state index contributed by atoms with van der Waals surface area (Å²) in [7, 11) is 3.37. The Morgan fingerprint density at radius 2 is 1.84 bits per heavy atom. The van der Waals surface area contributed by atoms with Crippen LogP contribution in [-0.2, 0) is 52.8 Å². The van der Waals surface area contributed by atoms with Crippen molar-refractivity contribution >= 4 is 34.6 Å². The molecular formula is C52H71N7O8. The smallest absolute Gasteiger partial charge is 0.302 e. The monoisotopic (exact) mass is 922 g/mol. The minimum atomic E-state index is -0.996. The number of nitrogens with one attached hydrogen (secondary N) is 2. The standard InChI is InChI=1S/C52H71N7O8/c1-10-58-44-16-15-36(28-41(44)42(29-52(6,7)31-67-34(5)60)48(58)40-14-13-18-53-46(40)33(4)65-9)37-24-35(25-38(61)27-37)26-43(51(64)59-20-12-11-19-54-59)55-49(62)47(32(2)3)56(8)50(63)39-17-21-57-22-23-66-30-45(39)57/h13-16,18,24-25,27-28,32-33,39,43,45,47,54,61H,10-12,17,19-23,26,29-31H2,1-9H3,(H,55,62). The predicted octanol–water partition coefficient (Wildman–Crippen LogP) is 6.29. The summed E-state index contributed by atoms with van der Waals surface area (Å²) < 4.78 is 19.4. The summed E-state index contributed by atoms with van der Waals surface area (Å²) in [5, 5.41) is 17.1. The number of rotatable bonds is 17. The second-order valence-electron chi connectivity index (χ2n) is 19.7. The maximum Gasteiger partial charge on any atom is 0.302 e. The van der Waals surface area contributed by atoms with Crippen molar-refractivity contribution in [3.8, 4) is 28.1 Å². The van der Waals surface area contributed by atoms with Crippen molar-refractivity contribution in [2.24, 2.45) is 17.3 Å². The number of nitrogens with zero attached hydrogens (tertiary/aromatic N) is 5. The normalized spacial score (nSPS) is 19.2. The molecular weight excluding hydrogens is 851 g/mol. The van der Waals surface area contributed by atoms with Crippen LogP contribution in [-0.4, -0.2) is 131 Å². The van der Waals surface area contributed by atoms with Gasteiger partial charge < -0.3 is 34.1 Å². The van der Waals surface area contributed by atoms with Gasteiger partial charge in [0.05, 0.1) is 43.2 Å². The van der Waals surface area contributed by atoms with Crippen LogP contribution in [0.4, 0.5) is 0 Å². The summed E-state index contributed by atoms with van der Waals surface area (Å²) in [6.45, 7) is 18.3. The highest BCUT2D eigenvalue weighted by atomic mass is 16.5. The summed E-state index contributed by atoms with van der Waals surface area (Å²) in [6.07, 6.45) is 4.63. The summed E-state index contributed by atoms with van der Waals surface area (Å²) in [5.74, 6) is -1.61. The molecule has 3 saturated heterocycles. The van der Waals surface area contributed by atoms with E-state index in [4.69, 9.17) is 19.2 Å². The van der Waals surface area contributed by atoms with E-state index in [1.807, 2.05) is 39.0 Å². The highest BCUT2D eigenvalue weighted by molar-refractivity contribution is 5.96. The van der Waals surface area contributed by atoms with Crippen LogP contribution in [0.3, 0.4) is 0 Å². The summed E-state index contributed by atoms with van der Waals surface area (Å²) in [4.78, 5) is 63.7. The van der Waals surface area contributed by atoms with Gasteiger partial charge in [-0.15, -0.1) is 0 Å². The Morgan fingerprint density at radius 3 is 2.54 bits per heavy atom. The predicted molar refractivity (Wildman–Crippen MR) is 258 cm³/mol. The van der Waals surface area contributed by atoms with E-state index in [9.17, 15) is 24.3 Å². The fourth-order valence-corrected chi connectivity index (χ4v) is 10.4. The van der Waals surface area contributed by atoms with Gasteiger partial charge in [-0.25, -0.2) is 5.43 Å². The minimum Gasteiger partial charge on any atom is -0.508 e. The van der Waals surface area contributed by atoms with Gasteiger partial charge in [-0.05, 0) is 111 Å². The molecule has 362 valence electrons. The lowest BCUT2D eigenvalue weighted by Crippen LogP contribution is -2.60. The number of methoxy groups -OCH3 is 1. The number of likely N-dealkylation sites (N-methyl/N-ethyl adjacent to an activating group) is 1. The van der Waals surface area contributed by atoms with Crippen molar-refractivity contribution in [1.82, 2.24) is 35.1 Å². The molecule has 3 aliphatic heterocycles. The van der Waals surface area contributed by atoms with Crippen LogP contribution in [0.15, 0.2) is 54.7 Å². The Morgan fingerprint density at radius 1 is 1.04 bits per heavy atom. The van der Waals surface area contributed by atoms with Crippen LogP contribution in [0, 0.1) is 17.3 Å². The first-order valence-corrected chi connectivity index (χ1v) is 24.0. The Hall–Kier alpha value is -5.35. The summed E-state index contributed by atoms with van der Waals surface area (Å²) >= 11 is 0. The first-order valence-electron chi connectivity index (χ1n) is 24.0. The molecule has 2 aromatic carbocycles. The maximum absolute atomic E-state index is 14.5. The van der Waals surface area contributed by atoms with E-state index >= 15 is 0 Å². The second kappa shape index (κ2) is 21.3. The molecule has 3 aliphatic rings. The zero-order valence-electron chi connectivity index (χ0n) is 40.9. The molecule has 0 radical (unpaired) electrons. The summed E-state index contributed by atoms with van der Waals surface area (Å²) in [6, 6.07) is 13.8. The molecule has 5 heterocycles. The molecule has 5 atom stereocenters. The van der Waals surface area contributed by atoms with Crippen molar-refractivity contribution < 1.29 is 38.5 Å². The molecule has 15 nitrogen and oxygen atoms in total. The third kappa shape index (κ3) is 11.0. The van der Waals surface area contributed by atoms with E-state index in [-0.39, 0.29) is 60.5 Å². The molecule has 0 spiro atoms. The number of carbonyl (C=O) groups is 4. The number of benzene rings is 2. The number of hydrazine groups is 1. The molecule has 4 aromatic rings. The Bertz CT molecular complexity index is 2430. The molecule has 5 unspecified atom stereocenters. The molecule has 0 bridgehead atoms. The van der Waals surface area contributed by atoms with E-state index in [2.05, 4.69) is 59.2 Å². The highest BCUT2D eigenvalue weighted by Crippen LogP contribution is 2.42. The van der Waals surface area contributed by atoms with Gasteiger partial charge in [0.25, 0.3) is 5.91 Å². The number of aromatic hydroxyl groups is 1. The molecule has 15 heteroatoms. The molecule has 2 aromatic heterocycles. The zero-order chi connectivity index (χ0) is 48.2. The van der Waals surface area contributed by atoms with E-state index in [0.29, 0.717) is 51.3 Å². The molecule has 0 saturated carbocycles. The van der Waals surface area contributed by atoms with Crippen LogP contribution in [0.2, 0.25) is 0 Å². The number of aromatic nitrogens is 2. The van der Waals surface area contributed by atoms with Crippen LogP contribution in [0.5, 0.6) is 5.75 Å². The number of carbonyl (C=O) groups excluding carboxylic acids is 4. The van der Waals surface area contributed by atoms with Crippen molar-refractivity contribution in [3.05, 3.63) is 71.5 Å². The van der Waals surface area contributed by atoms with Gasteiger partial charge in [0.2, 0.25) is 11.8 Å². The average molecular weight is 922 g/mol. The van der Waals surface area contributed by atoms with Crippen LogP contribution in [0.1, 0.15) is 90.7 Å². The molecule has 3 N–H and O–H groups in total. The lowest BCUT2D eigenvalue weighted by Gasteiger charge is -2.37.